The van der Waals surface area contributed by atoms with Crippen LogP contribution in [0.4, 0.5) is 5.69 Å². The van der Waals surface area contributed by atoms with Crippen LogP contribution < -0.4 is 5.32 Å². The molecule has 1 aromatic heterocycles. The van der Waals surface area contributed by atoms with Gasteiger partial charge in [-0.1, -0.05) is 26.0 Å². The Labute approximate surface area is 171 Å². The van der Waals surface area contributed by atoms with Crippen molar-refractivity contribution in [2.75, 3.05) is 31.6 Å². The first-order valence-corrected chi connectivity index (χ1v) is 10.3. The largest absolute Gasteiger partial charge is 0.379 e. The van der Waals surface area contributed by atoms with Crippen molar-refractivity contribution in [1.82, 2.24) is 14.9 Å². The van der Waals surface area contributed by atoms with Gasteiger partial charge < -0.3 is 15.0 Å². The summed E-state index contributed by atoms with van der Waals surface area (Å²) in [5.74, 6) is 1.43. The molecule has 29 heavy (non-hydrogen) atoms. The van der Waals surface area contributed by atoms with Gasteiger partial charge in [-0.2, -0.15) is 0 Å². The second kappa shape index (κ2) is 8.76. The molecule has 0 spiro atoms. The van der Waals surface area contributed by atoms with Gasteiger partial charge in [0.05, 0.1) is 30.8 Å². The van der Waals surface area contributed by atoms with Crippen molar-refractivity contribution in [2.24, 2.45) is 5.92 Å². The molecule has 1 fully saturated rings. The Kier molecular flexibility index (Phi) is 5.92. The molecule has 0 bridgehead atoms. The molecule has 2 heterocycles. The number of aromatic amines is 1. The zero-order valence-electron chi connectivity index (χ0n) is 17.1. The van der Waals surface area contributed by atoms with Gasteiger partial charge in [0.25, 0.3) is 5.91 Å². The number of aromatic nitrogens is 2. The molecule has 4 rings (SSSR count). The summed E-state index contributed by atoms with van der Waals surface area (Å²) in [5, 5.41) is 2.99. The number of carbonyl (C=O) groups is 1. The lowest BCUT2D eigenvalue weighted by Gasteiger charge is -2.25. The van der Waals surface area contributed by atoms with Crippen LogP contribution in [0, 0.1) is 5.92 Å². The van der Waals surface area contributed by atoms with Gasteiger partial charge in [-0.25, -0.2) is 4.98 Å². The lowest BCUT2D eigenvalue weighted by molar-refractivity contribution is 0.0332. The van der Waals surface area contributed by atoms with Crippen molar-refractivity contribution >= 4 is 22.6 Å². The molecular weight excluding hydrogens is 364 g/mol. The van der Waals surface area contributed by atoms with E-state index in [2.05, 4.69) is 34.0 Å². The van der Waals surface area contributed by atoms with Crippen LogP contribution in [0.25, 0.3) is 11.0 Å². The standard InChI is InChI=1S/C23H28N4O2/c1-16(2)13-17-3-5-18(6-4-17)23(28)24-19-7-8-20-21(14-19)26-22(25-20)15-27-9-11-29-12-10-27/h3-8,14,16H,9-13,15H2,1-2H3,(H,24,28)(H,25,26). The molecule has 3 aromatic rings. The second-order valence-corrected chi connectivity index (χ2v) is 8.05. The van der Waals surface area contributed by atoms with Gasteiger partial charge in [0, 0.05) is 24.3 Å². The van der Waals surface area contributed by atoms with Crippen molar-refractivity contribution in [3.8, 4) is 0 Å². The third-order valence-electron chi connectivity index (χ3n) is 5.13. The molecule has 2 aromatic carbocycles. The van der Waals surface area contributed by atoms with Crippen LogP contribution in [0.3, 0.4) is 0 Å². The van der Waals surface area contributed by atoms with Gasteiger partial charge in [0.2, 0.25) is 0 Å². The minimum atomic E-state index is -0.103. The summed E-state index contributed by atoms with van der Waals surface area (Å²) in [5.41, 5.74) is 4.51. The second-order valence-electron chi connectivity index (χ2n) is 8.05. The highest BCUT2D eigenvalue weighted by molar-refractivity contribution is 6.05. The summed E-state index contributed by atoms with van der Waals surface area (Å²) in [6.45, 7) is 8.56. The number of anilines is 1. The average Bonchev–Trinajstić information content (AvgIpc) is 3.10. The number of imidazole rings is 1. The summed E-state index contributed by atoms with van der Waals surface area (Å²) in [4.78, 5) is 23.0. The molecule has 1 aliphatic heterocycles. The molecule has 0 aliphatic carbocycles. The Hall–Kier alpha value is -2.70. The molecule has 152 valence electrons. The van der Waals surface area contributed by atoms with Gasteiger partial charge in [0.1, 0.15) is 5.82 Å². The number of fused-ring (bicyclic) bond motifs is 1. The minimum absolute atomic E-state index is 0.103. The first kappa shape index (κ1) is 19.6. The van der Waals surface area contributed by atoms with E-state index in [0.717, 1.165) is 61.8 Å². The van der Waals surface area contributed by atoms with Crippen molar-refractivity contribution in [2.45, 2.75) is 26.8 Å². The zero-order valence-corrected chi connectivity index (χ0v) is 17.1. The first-order chi connectivity index (χ1) is 14.1. The van der Waals surface area contributed by atoms with E-state index in [-0.39, 0.29) is 5.91 Å². The van der Waals surface area contributed by atoms with E-state index in [1.165, 1.54) is 5.56 Å². The Morgan fingerprint density at radius 1 is 1.17 bits per heavy atom. The van der Waals surface area contributed by atoms with Crippen LogP contribution in [0.1, 0.15) is 35.6 Å². The van der Waals surface area contributed by atoms with Crippen LogP contribution in [0.15, 0.2) is 42.5 Å². The van der Waals surface area contributed by atoms with E-state index in [1.54, 1.807) is 0 Å². The maximum atomic E-state index is 12.6. The van der Waals surface area contributed by atoms with Gasteiger partial charge >= 0.3 is 0 Å². The van der Waals surface area contributed by atoms with Crippen LogP contribution in [0.5, 0.6) is 0 Å². The zero-order chi connectivity index (χ0) is 20.2. The van der Waals surface area contributed by atoms with Crippen molar-refractivity contribution in [1.29, 1.82) is 0 Å². The number of rotatable bonds is 6. The van der Waals surface area contributed by atoms with Crippen molar-refractivity contribution < 1.29 is 9.53 Å². The molecule has 6 heteroatoms. The fraction of sp³-hybridized carbons (Fsp3) is 0.391. The van der Waals surface area contributed by atoms with Crippen LogP contribution in [0.2, 0.25) is 0 Å². The SMILES string of the molecule is CC(C)Cc1ccc(C(=O)Nc2ccc3nc(CN4CCOCC4)[nH]c3c2)cc1. The van der Waals surface area contributed by atoms with Crippen LogP contribution >= 0.6 is 0 Å². The van der Waals surface area contributed by atoms with Gasteiger partial charge in [-0.05, 0) is 48.2 Å². The average molecular weight is 393 g/mol. The number of amides is 1. The number of morpholine rings is 1. The van der Waals surface area contributed by atoms with Crippen LogP contribution in [-0.2, 0) is 17.7 Å². The molecule has 0 atom stereocenters. The van der Waals surface area contributed by atoms with Crippen molar-refractivity contribution in [3.05, 3.63) is 59.4 Å². The molecule has 0 saturated carbocycles. The van der Waals surface area contributed by atoms with Gasteiger partial charge in [-0.15, -0.1) is 0 Å². The Morgan fingerprint density at radius 2 is 1.93 bits per heavy atom. The first-order valence-electron chi connectivity index (χ1n) is 10.3. The normalized spacial score (nSPS) is 15.1. The monoisotopic (exact) mass is 392 g/mol. The molecule has 1 aliphatic rings. The number of H-pyrrole nitrogens is 1. The number of benzene rings is 2. The van der Waals surface area contributed by atoms with Gasteiger partial charge in [-0.3, -0.25) is 9.69 Å². The maximum Gasteiger partial charge on any atom is 0.255 e. The molecule has 1 amide bonds. The molecule has 0 unspecified atom stereocenters. The van der Waals surface area contributed by atoms with Gasteiger partial charge in [0.15, 0.2) is 0 Å². The molecule has 6 nitrogen and oxygen atoms in total. The van der Waals surface area contributed by atoms with Crippen LogP contribution in [-0.4, -0.2) is 47.1 Å². The van der Waals surface area contributed by atoms with E-state index < -0.39 is 0 Å². The predicted molar refractivity (Wildman–Crippen MR) is 115 cm³/mol. The molecule has 2 N–H and O–H groups in total. The summed E-state index contributed by atoms with van der Waals surface area (Å²) in [6, 6.07) is 13.6. The third-order valence-corrected chi connectivity index (χ3v) is 5.13. The highest BCUT2D eigenvalue weighted by Gasteiger charge is 2.13. The quantitative estimate of drug-likeness (QED) is 0.669. The number of hydrogen-bond acceptors (Lipinski definition) is 4. The number of nitrogens with one attached hydrogen (secondary N) is 2. The fourth-order valence-corrected chi connectivity index (χ4v) is 3.65. The highest BCUT2D eigenvalue weighted by atomic mass is 16.5. The third kappa shape index (κ3) is 5.02. The molecular formula is C23H28N4O2. The lowest BCUT2D eigenvalue weighted by atomic mass is 10.0. The fourth-order valence-electron chi connectivity index (χ4n) is 3.65. The highest BCUT2D eigenvalue weighted by Crippen LogP contribution is 2.19. The summed E-state index contributed by atoms with van der Waals surface area (Å²) < 4.78 is 5.40. The number of carbonyl (C=O) groups excluding carboxylic acids is 1. The van der Waals surface area contributed by atoms with E-state index in [1.807, 2.05) is 42.5 Å². The number of nitrogens with zero attached hydrogens (tertiary/aromatic N) is 2. The minimum Gasteiger partial charge on any atom is -0.379 e. The lowest BCUT2D eigenvalue weighted by Crippen LogP contribution is -2.35. The van der Waals surface area contributed by atoms with E-state index >= 15 is 0 Å². The number of ether oxygens (including phenoxy) is 1. The smallest absolute Gasteiger partial charge is 0.255 e. The topological polar surface area (TPSA) is 70.2 Å². The molecule has 0 radical (unpaired) electrons. The Morgan fingerprint density at radius 3 is 2.66 bits per heavy atom. The van der Waals surface area contributed by atoms with Crippen molar-refractivity contribution in [3.63, 3.8) is 0 Å². The van der Waals surface area contributed by atoms with E-state index in [4.69, 9.17) is 4.74 Å². The molecule has 1 saturated heterocycles. The maximum absolute atomic E-state index is 12.6. The Balaban J connectivity index is 1.42. The van der Waals surface area contributed by atoms with E-state index in [9.17, 15) is 4.79 Å². The summed E-state index contributed by atoms with van der Waals surface area (Å²) >= 11 is 0. The predicted octanol–water partition coefficient (Wildman–Crippen LogP) is 3.85. The van der Waals surface area contributed by atoms with E-state index in [0.29, 0.717) is 11.5 Å². The Bertz CT molecular complexity index is 972. The summed E-state index contributed by atoms with van der Waals surface area (Å²) in [6.07, 6.45) is 1.02. The number of hydrogen-bond donors (Lipinski definition) is 2. The summed E-state index contributed by atoms with van der Waals surface area (Å²) in [7, 11) is 0.